The Balaban J connectivity index is 2.49. The average molecular weight is 258 g/mol. The molecule has 3 N–H and O–H groups in total. The molecule has 0 aromatic heterocycles. The van der Waals surface area contributed by atoms with E-state index in [0.29, 0.717) is 19.3 Å². The molecule has 0 unspecified atom stereocenters. The van der Waals surface area contributed by atoms with Crippen molar-refractivity contribution in [2.75, 3.05) is 13.7 Å². The number of aliphatic carboxylic acids is 1. The molecule has 0 aromatic rings. The van der Waals surface area contributed by atoms with E-state index >= 15 is 0 Å². The van der Waals surface area contributed by atoms with Gasteiger partial charge < -0.3 is 20.4 Å². The van der Waals surface area contributed by atoms with E-state index in [-0.39, 0.29) is 24.6 Å². The number of carbonyl (C=O) groups excluding carboxylic acids is 1. The molecule has 6 nitrogen and oxygen atoms in total. The van der Waals surface area contributed by atoms with Gasteiger partial charge in [-0.3, -0.25) is 4.79 Å². The molecule has 1 rings (SSSR count). The maximum Gasteiger partial charge on any atom is 0.317 e. The van der Waals surface area contributed by atoms with Crippen LogP contribution >= 0.6 is 0 Å². The number of carboxylic acids is 1. The number of likely N-dealkylation sites (N-methyl/N-ethyl adjacent to an activating group) is 1. The number of aliphatic hydroxyl groups excluding tert-OH is 1. The molecule has 18 heavy (non-hydrogen) atoms. The molecule has 0 bridgehead atoms. The fraction of sp³-hybridized carbons (Fsp3) is 0.833. The molecule has 1 saturated carbocycles. The van der Waals surface area contributed by atoms with Gasteiger partial charge in [0.25, 0.3) is 0 Å². The number of carbonyl (C=O) groups is 2. The van der Waals surface area contributed by atoms with E-state index in [2.05, 4.69) is 5.32 Å². The first kappa shape index (κ1) is 14.8. The van der Waals surface area contributed by atoms with Crippen LogP contribution in [-0.2, 0) is 4.79 Å². The number of nitrogens with zero attached hydrogens (tertiary/aromatic N) is 1. The van der Waals surface area contributed by atoms with Gasteiger partial charge in [0.1, 0.15) is 0 Å². The highest BCUT2D eigenvalue weighted by molar-refractivity contribution is 5.75. The summed E-state index contributed by atoms with van der Waals surface area (Å²) in [6, 6.07) is -0.361. The minimum atomic E-state index is -0.796. The molecule has 1 aliphatic rings. The van der Waals surface area contributed by atoms with Crippen LogP contribution in [0.3, 0.4) is 0 Å². The Labute approximate surface area is 107 Å². The molecular formula is C12H22N2O4. The Morgan fingerprint density at radius 1 is 1.39 bits per heavy atom. The van der Waals surface area contributed by atoms with Crippen molar-refractivity contribution in [3.63, 3.8) is 0 Å². The predicted molar refractivity (Wildman–Crippen MR) is 66.2 cm³/mol. The normalized spacial score (nSPS) is 23.8. The lowest BCUT2D eigenvalue weighted by molar-refractivity contribution is -0.141. The monoisotopic (exact) mass is 258 g/mol. The van der Waals surface area contributed by atoms with E-state index in [4.69, 9.17) is 5.11 Å². The maximum absolute atomic E-state index is 11.9. The predicted octanol–water partition coefficient (Wildman–Crippen LogP) is 0.652. The van der Waals surface area contributed by atoms with Crippen molar-refractivity contribution in [1.29, 1.82) is 0 Å². The number of amides is 2. The van der Waals surface area contributed by atoms with Crippen LogP contribution in [0.15, 0.2) is 0 Å². The van der Waals surface area contributed by atoms with Gasteiger partial charge >= 0.3 is 12.0 Å². The molecule has 0 radical (unpaired) electrons. The number of urea groups is 1. The molecule has 0 aliphatic heterocycles. The van der Waals surface area contributed by atoms with Gasteiger partial charge in [0.2, 0.25) is 0 Å². The van der Waals surface area contributed by atoms with Crippen LogP contribution < -0.4 is 5.32 Å². The molecular weight excluding hydrogens is 236 g/mol. The molecule has 1 fully saturated rings. The van der Waals surface area contributed by atoms with Gasteiger partial charge in [-0.2, -0.15) is 0 Å². The summed E-state index contributed by atoms with van der Waals surface area (Å²) >= 11 is 0. The van der Waals surface area contributed by atoms with Crippen LogP contribution in [0.5, 0.6) is 0 Å². The Kier molecular flexibility index (Phi) is 4.56. The molecule has 0 saturated heterocycles. The zero-order valence-electron chi connectivity index (χ0n) is 11.1. The number of rotatable bonds is 4. The topological polar surface area (TPSA) is 89.9 Å². The van der Waals surface area contributed by atoms with Gasteiger partial charge in [-0.25, -0.2) is 4.79 Å². The van der Waals surface area contributed by atoms with E-state index in [0.717, 1.165) is 0 Å². The highest BCUT2D eigenvalue weighted by atomic mass is 16.4. The lowest BCUT2D eigenvalue weighted by atomic mass is 10.1. The van der Waals surface area contributed by atoms with Crippen LogP contribution in [-0.4, -0.2) is 52.3 Å². The lowest BCUT2D eigenvalue weighted by Crippen LogP contribution is -2.53. The smallest absolute Gasteiger partial charge is 0.317 e. The van der Waals surface area contributed by atoms with Gasteiger partial charge in [0.05, 0.1) is 18.1 Å². The number of aliphatic hydroxyl groups is 1. The van der Waals surface area contributed by atoms with Crippen LogP contribution in [0, 0.1) is 5.92 Å². The summed E-state index contributed by atoms with van der Waals surface area (Å²) < 4.78 is 0. The van der Waals surface area contributed by atoms with Crippen molar-refractivity contribution in [2.24, 2.45) is 5.92 Å². The summed E-state index contributed by atoms with van der Waals surface area (Å²) in [6.45, 7) is 3.40. The zero-order chi connectivity index (χ0) is 13.9. The first-order valence-corrected chi connectivity index (χ1v) is 6.16. The van der Waals surface area contributed by atoms with Gasteiger partial charge in [-0.1, -0.05) is 0 Å². The van der Waals surface area contributed by atoms with E-state index in [9.17, 15) is 14.7 Å². The Morgan fingerprint density at radius 2 is 2.00 bits per heavy atom. The number of hydrogen-bond donors (Lipinski definition) is 3. The quantitative estimate of drug-likeness (QED) is 0.690. The van der Waals surface area contributed by atoms with Gasteiger partial charge in [0.15, 0.2) is 0 Å². The summed E-state index contributed by atoms with van der Waals surface area (Å²) in [6.07, 6.45) is 1.78. The summed E-state index contributed by atoms with van der Waals surface area (Å²) in [5, 5.41) is 20.9. The van der Waals surface area contributed by atoms with Crippen LogP contribution in [0.25, 0.3) is 0 Å². The van der Waals surface area contributed by atoms with Crippen molar-refractivity contribution < 1.29 is 19.8 Å². The molecule has 1 aliphatic carbocycles. The zero-order valence-corrected chi connectivity index (χ0v) is 11.1. The van der Waals surface area contributed by atoms with Crippen molar-refractivity contribution >= 4 is 12.0 Å². The summed E-state index contributed by atoms with van der Waals surface area (Å²) in [7, 11) is 1.62. The fourth-order valence-corrected chi connectivity index (χ4v) is 1.99. The van der Waals surface area contributed by atoms with Crippen molar-refractivity contribution in [3.05, 3.63) is 0 Å². The van der Waals surface area contributed by atoms with Crippen molar-refractivity contribution in [3.8, 4) is 0 Å². The number of nitrogens with one attached hydrogen (secondary N) is 1. The Hall–Kier alpha value is -1.30. The van der Waals surface area contributed by atoms with Gasteiger partial charge in [-0.15, -0.1) is 0 Å². The first-order valence-electron chi connectivity index (χ1n) is 6.16. The molecule has 0 heterocycles. The van der Waals surface area contributed by atoms with Gasteiger partial charge in [0, 0.05) is 13.1 Å². The van der Waals surface area contributed by atoms with Crippen LogP contribution in [0.1, 0.15) is 33.1 Å². The first-order chi connectivity index (χ1) is 8.27. The maximum atomic E-state index is 11.9. The Bertz CT molecular complexity index is 330. The largest absolute Gasteiger partial charge is 0.481 e. The van der Waals surface area contributed by atoms with E-state index in [1.54, 1.807) is 20.9 Å². The molecule has 2 atom stereocenters. The van der Waals surface area contributed by atoms with E-state index in [1.165, 1.54) is 4.90 Å². The van der Waals surface area contributed by atoms with Gasteiger partial charge in [-0.05, 0) is 33.1 Å². The second-order valence-corrected chi connectivity index (χ2v) is 5.52. The van der Waals surface area contributed by atoms with E-state index in [1.807, 2.05) is 0 Å². The SMILES string of the molecule is CN(C(=O)N[C@H]1CC[C@@H](C(=O)O)C1)C(C)(C)CO. The fourth-order valence-electron chi connectivity index (χ4n) is 1.99. The highest BCUT2D eigenvalue weighted by Crippen LogP contribution is 2.26. The number of carboxylic acid groups (broad SMARTS) is 1. The third kappa shape index (κ3) is 3.35. The molecule has 2 amide bonds. The summed E-state index contributed by atoms with van der Waals surface area (Å²) in [5.41, 5.74) is -0.630. The average Bonchev–Trinajstić information content (AvgIpc) is 2.76. The second kappa shape index (κ2) is 5.56. The third-order valence-electron chi connectivity index (χ3n) is 3.71. The van der Waals surface area contributed by atoms with Crippen LogP contribution in [0.2, 0.25) is 0 Å². The molecule has 104 valence electrons. The minimum absolute atomic E-state index is 0.0875. The standard InChI is InChI=1S/C12H22N2O4/c1-12(2,7-15)14(3)11(18)13-9-5-4-8(6-9)10(16)17/h8-9,15H,4-7H2,1-3H3,(H,13,18)(H,16,17)/t8-,9+/m1/s1. The third-order valence-corrected chi connectivity index (χ3v) is 3.71. The summed E-state index contributed by atoms with van der Waals surface area (Å²) in [4.78, 5) is 24.2. The van der Waals surface area contributed by atoms with Crippen molar-refractivity contribution in [2.45, 2.75) is 44.7 Å². The summed E-state index contributed by atoms with van der Waals surface area (Å²) in [5.74, 6) is -1.15. The van der Waals surface area contributed by atoms with Crippen molar-refractivity contribution in [1.82, 2.24) is 10.2 Å². The molecule has 6 heteroatoms. The minimum Gasteiger partial charge on any atom is -0.481 e. The highest BCUT2D eigenvalue weighted by Gasteiger charge is 2.33. The molecule has 0 spiro atoms. The van der Waals surface area contributed by atoms with E-state index < -0.39 is 11.5 Å². The lowest BCUT2D eigenvalue weighted by Gasteiger charge is -2.34. The number of hydrogen-bond acceptors (Lipinski definition) is 3. The molecule has 0 aromatic carbocycles. The Morgan fingerprint density at radius 3 is 2.44 bits per heavy atom. The second-order valence-electron chi connectivity index (χ2n) is 5.52. The van der Waals surface area contributed by atoms with Crippen LogP contribution in [0.4, 0.5) is 4.79 Å².